The minimum Gasteiger partial charge on any atom is -0.412 e. The fourth-order valence-electron chi connectivity index (χ4n) is 3.09. The molecule has 2 aromatic carbocycles. The smallest absolute Gasteiger partial charge is 0.268 e. The van der Waals surface area contributed by atoms with Gasteiger partial charge in [-0.1, -0.05) is 54.4 Å². The Morgan fingerprint density at radius 3 is 2.53 bits per heavy atom. The van der Waals surface area contributed by atoms with E-state index in [2.05, 4.69) is 49.8 Å². The average molecular weight is 513 g/mol. The Labute approximate surface area is 190 Å². The van der Waals surface area contributed by atoms with Crippen LogP contribution in [0.25, 0.3) is 0 Å². The van der Waals surface area contributed by atoms with Crippen LogP contribution in [0.4, 0.5) is 10.1 Å². The van der Waals surface area contributed by atoms with Crippen LogP contribution in [-0.4, -0.2) is 20.1 Å². The van der Waals surface area contributed by atoms with Gasteiger partial charge in [0.15, 0.2) is 8.32 Å². The molecule has 0 bridgehead atoms. The summed E-state index contributed by atoms with van der Waals surface area (Å²) in [5, 5.41) is 0.384. The minimum absolute atomic E-state index is 0.0133. The number of amides is 2. The van der Waals surface area contributed by atoms with E-state index in [1.807, 2.05) is 0 Å². The molecule has 2 amide bonds. The second kappa shape index (κ2) is 8.18. The zero-order chi connectivity index (χ0) is 22.4. The Balaban J connectivity index is 2.03. The molecule has 0 aliphatic carbocycles. The summed E-state index contributed by atoms with van der Waals surface area (Å²) in [4.78, 5) is 27.1. The molecule has 0 fully saturated rings. The van der Waals surface area contributed by atoms with E-state index < -0.39 is 25.9 Å². The van der Waals surface area contributed by atoms with Gasteiger partial charge >= 0.3 is 0 Å². The maximum absolute atomic E-state index is 14.6. The third kappa shape index (κ3) is 4.26. The van der Waals surface area contributed by atoms with Crippen LogP contribution in [0.2, 0.25) is 23.2 Å². The molecule has 0 spiro atoms. The number of nitrogens with zero attached hydrogens (tertiary/aromatic N) is 1. The van der Waals surface area contributed by atoms with E-state index >= 15 is 0 Å². The SMILES string of the molecule is CC(C)(C)[Si](C)(C)OCc1c(Cl)cccc1N1C(=O)Cc2cc(Br)cc(F)c2C1=O. The molecule has 30 heavy (non-hydrogen) atoms. The second-order valence-electron chi connectivity index (χ2n) is 8.92. The number of imide groups is 1. The summed E-state index contributed by atoms with van der Waals surface area (Å²) in [6, 6.07) is 7.84. The minimum atomic E-state index is -2.10. The number of halogens is 3. The molecule has 3 rings (SSSR count). The average Bonchev–Trinajstić information content (AvgIpc) is 2.59. The highest BCUT2D eigenvalue weighted by Gasteiger charge is 2.39. The van der Waals surface area contributed by atoms with E-state index in [-0.39, 0.29) is 23.6 Å². The first-order valence-electron chi connectivity index (χ1n) is 9.60. The van der Waals surface area contributed by atoms with E-state index in [9.17, 15) is 14.0 Å². The van der Waals surface area contributed by atoms with E-state index in [1.165, 1.54) is 6.07 Å². The van der Waals surface area contributed by atoms with Gasteiger partial charge in [0.25, 0.3) is 5.91 Å². The molecule has 0 N–H and O–H groups in total. The number of carbonyl (C=O) groups is 2. The molecule has 0 unspecified atom stereocenters. The van der Waals surface area contributed by atoms with Crippen molar-refractivity contribution < 1.29 is 18.4 Å². The van der Waals surface area contributed by atoms with Crippen LogP contribution in [0.3, 0.4) is 0 Å². The lowest BCUT2D eigenvalue weighted by Crippen LogP contribution is -2.44. The molecule has 1 aliphatic heterocycles. The quantitative estimate of drug-likeness (QED) is 0.347. The van der Waals surface area contributed by atoms with Crippen molar-refractivity contribution >= 4 is 53.4 Å². The zero-order valence-corrected chi connectivity index (χ0v) is 20.9. The van der Waals surface area contributed by atoms with Crippen molar-refractivity contribution in [2.75, 3.05) is 4.90 Å². The van der Waals surface area contributed by atoms with E-state index in [4.69, 9.17) is 16.0 Å². The van der Waals surface area contributed by atoms with Crippen molar-refractivity contribution in [1.29, 1.82) is 0 Å². The first-order valence-corrected chi connectivity index (χ1v) is 13.7. The Morgan fingerprint density at radius 1 is 1.23 bits per heavy atom. The molecule has 4 nitrogen and oxygen atoms in total. The molecular formula is C22H24BrClFNO3Si. The Bertz CT molecular complexity index is 1040. The van der Waals surface area contributed by atoms with E-state index in [0.29, 0.717) is 26.3 Å². The third-order valence-electron chi connectivity index (χ3n) is 5.86. The largest absolute Gasteiger partial charge is 0.412 e. The molecule has 2 aromatic rings. The van der Waals surface area contributed by atoms with Gasteiger partial charge in [-0.25, -0.2) is 9.29 Å². The second-order valence-corrected chi connectivity index (χ2v) is 15.1. The third-order valence-corrected chi connectivity index (χ3v) is 11.2. The van der Waals surface area contributed by atoms with Crippen LogP contribution in [0.15, 0.2) is 34.8 Å². The summed E-state index contributed by atoms with van der Waals surface area (Å²) in [6.45, 7) is 10.8. The van der Waals surface area contributed by atoms with Gasteiger partial charge in [0.2, 0.25) is 5.91 Å². The van der Waals surface area contributed by atoms with Crippen LogP contribution in [0, 0.1) is 5.82 Å². The molecule has 0 atom stereocenters. The normalized spacial score (nSPS) is 14.9. The first kappa shape index (κ1) is 23.1. The van der Waals surface area contributed by atoms with Crippen LogP contribution in [0.5, 0.6) is 0 Å². The number of hydrogen-bond acceptors (Lipinski definition) is 3. The summed E-state index contributed by atoms with van der Waals surface area (Å²) in [7, 11) is -2.10. The molecule has 0 saturated heterocycles. The van der Waals surface area contributed by atoms with E-state index in [1.54, 1.807) is 24.3 Å². The van der Waals surface area contributed by atoms with Crippen molar-refractivity contribution in [2.24, 2.45) is 0 Å². The summed E-state index contributed by atoms with van der Waals surface area (Å²) in [6.07, 6.45) is -0.0769. The van der Waals surface area contributed by atoms with Crippen molar-refractivity contribution in [3.8, 4) is 0 Å². The summed E-state index contributed by atoms with van der Waals surface area (Å²) in [5.74, 6) is -1.79. The van der Waals surface area contributed by atoms with Crippen LogP contribution < -0.4 is 4.90 Å². The summed E-state index contributed by atoms with van der Waals surface area (Å²) in [5.41, 5.74) is 1.17. The van der Waals surface area contributed by atoms with Crippen LogP contribution in [-0.2, 0) is 22.2 Å². The number of hydrogen-bond donors (Lipinski definition) is 0. The number of carbonyl (C=O) groups excluding carboxylic acids is 2. The number of fused-ring (bicyclic) bond motifs is 1. The van der Waals surface area contributed by atoms with Gasteiger partial charge in [0.1, 0.15) is 5.82 Å². The van der Waals surface area contributed by atoms with Gasteiger partial charge < -0.3 is 4.43 Å². The highest BCUT2D eigenvalue weighted by molar-refractivity contribution is 9.10. The zero-order valence-electron chi connectivity index (χ0n) is 17.6. The number of rotatable bonds is 4. The molecule has 0 radical (unpaired) electrons. The van der Waals surface area contributed by atoms with Gasteiger partial charge in [-0.05, 0) is 48.0 Å². The Morgan fingerprint density at radius 2 is 1.90 bits per heavy atom. The van der Waals surface area contributed by atoms with Gasteiger partial charge in [-0.2, -0.15) is 0 Å². The molecule has 1 heterocycles. The maximum Gasteiger partial charge on any atom is 0.268 e. The first-order chi connectivity index (χ1) is 13.8. The van der Waals surface area contributed by atoms with Crippen LogP contribution in [0.1, 0.15) is 42.3 Å². The lowest BCUT2D eigenvalue weighted by atomic mass is 9.96. The maximum atomic E-state index is 14.6. The van der Waals surface area contributed by atoms with Gasteiger partial charge in [0, 0.05) is 15.1 Å². The molecule has 160 valence electrons. The standard InChI is InChI=1S/C22H24BrClFNO3Si/c1-22(2,3)30(4,5)29-12-15-16(24)7-6-8-18(15)26-19(27)10-13-9-14(23)11-17(25)20(13)21(26)28/h6-9,11H,10,12H2,1-5H3. The summed E-state index contributed by atoms with van der Waals surface area (Å²) >= 11 is 9.66. The highest BCUT2D eigenvalue weighted by atomic mass is 79.9. The topological polar surface area (TPSA) is 46.6 Å². The number of benzene rings is 2. The van der Waals surface area contributed by atoms with Gasteiger partial charge in [0.05, 0.1) is 24.3 Å². The van der Waals surface area contributed by atoms with E-state index in [0.717, 1.165) is 4.90 Å². The Hall–Kier alpha value is -1.54. The van der Waals surface area contributed by atoms with Crippen molar-refractivity contribution in [2.45, 2.75) is 51.9 Å². The van der Waals surface area contributed by atoms with Gasteiger partial charge in [-0.15, -0.1) is 0 Å². The van der Waals surface area contributed by atoms with Gasteiger partial charge in [-0.3, -0.25) is 9.59 Å². The summed E-state index contributed by atoms with van der Waals surface area (Å²) < 4.78 is 21.4. The Kier molecular flexibility index (Phi) is 6.31. The fourth-order valence-corrected chi connectivity index (χ4v) is 4.72. The van der Waals surface area contributed by atoms with Crippen LogP contribution >= 0.6 is 27.5 Å². The lowest BCUT2D eigenvalue weighted by Gasteiger charge is -2.37. The fraction of sp³-hybridized carbons (Fsp3) is 0.364. The lowest BCUT2D eigenvalue weighted by molar-refractivity contribution is -0.117. The molecule has 0 aromatic heterocycles. The highest BCUT2D eigenvalue weighted by Crippen LogP contribution is 2.39. The molecular weight excluding hydrogens is 489 g/mol. The monoisotopic (exact) mass is 511 g/mol. The predicted molar refractivity (Wildman–Crippen MR) is 123 cm³/mol. The molecule has 0 saturated carbocycles. The van der Waals surface area contributed by atoms with Crippen molar-refractivity contribution in [3.63, 3.8) is 0 Å². The molecule has 8 heteroatoms. The molecule has 1 aliphatic rings. The predicted octanol–water partition coefficient (Wildman–Crippen LogP) is 6.49. The number of anilines is 1. The van der Waals surface area contributed by atoms with Crippen molar-refractivity contribution in [3.05, 3.63) is 62.3 Å². The van der Waals surface area contributed by atoms with Crippen molar-refractivity contribution in [1.82, 2.24) is 0 Å².